The van der Waals surface area contributed by atoms with Gasteiger partial charge in [-0.25, -0.2) is 0 Å². The first-order chi connectivity index (χ1) is 8.80. The van der Waals surface area contributed by atoms with Gasteiger partial charge >= 0.3 is 6.18 Å². The monoisotopic (exact) mass is 274 g/mol. The molecule has 1 aliphatic rings. The van der Waals surface area contributed by atoms with E-state index in [0.717, 1.165) is 31.5 Å². The van der Waals surface area contributed by atoms with Crippen LogP contribution in [0.5, 0.6) is 0 Å². The first-order valence-corrected chi connectivity index (χ1v) is 6.15. The van der Waals surface area contributed by atoms with Gasteiger partial charge in [0.2, 0.25) is 0 Å². The molecule has 0 amide bonds. The van der Waals surface area contributed by atoms with E-state index in [1.54, 1.807) is 0 Å². The number of nitrogens with two attached hydrogens (primary N) is 1. The highest BCUT2D eigenvalue weighted by Gasteiger charge is 2.33. The maximum absolute atomic E-state index is 12.5. The quantitative estimate of drug-likeness (QED) is 0.814. The summed E-state index contributed by atoms with van der Waals surface area (Å²) in [7, 11) is 1.89. The molecule has 6 heteroatoms. The molecule has 106 valence electrons. The first-order valence-electron chi connectivity index (χ1n) is 6.15. The van der Waals surface area contributed by atoms with Crippen molar-refractivity contribution in [1.82, 2.24) is 4.90 Å². The summed E-state index contributed by atoms with van der Waals surface area (Å²) < 4.78 is 37.6. The maximum Gasteiger partial charge on any atom is 0.416 e. The molecule has 1 aromatic rings. The third-order valence-corrected chi connectivity index (χ3v) is 3.67. The lowest BCUT2D eigenvalue weighted by Crippen LogP contribution is -2.31. The zero-order chi connectivity index (χ0) is 14.2. The number of nitrogen functional groups attached to an aromatic ring is 1. The standard InChI is InChI=1S/C13H17F3N2O/c1-18-6-2-3-11(18)12(19)9-5-4-8(7-10(9)17)13(14,15)16/h4-5,7,11-12,19H,2-3,6,17H2,1H3. The van der Waals surface area contributed by atoms with E-state index in [0.29, 0.717) is 5.56 Å². The van der Waals surface area contributed by atoms with E-state index in [1.807, 2.05) is 11.9 Å². The zero-order valence-electron chi connectivity index (χ0n) is 10.6. The maximum atomic E-state index is 12.5. The molecular formula is C13H17F3N2O. The Labute approximate surface area is 109 Å². The fraction of sp³-hybridized carbons (Fsp3) is 0.538. The van der Waals surface area contributed by atoms with E-state index in [1.165, 1.54) is 6.07 Å². The topological polar surface area (TPSA) is 49.5 Å². The molecule has 0 aliphatic carbocycles. The van der Waals surface area contributed by atoms with Crippen molar-refractivity contribution in [2.24, 2.45) is 0 Å². The lowest BCUT2D eigenvalue weighted by Gasteiger charge is -2.26. The highest BCUT2D eigenvalue weighted by atomic mass is 19.4. The van der Waals surface area contributed by atoms with E-state index >= 15 is 0 Å². The summed E-state index contributed by atoms with van der Waals surface area (Å²) in [4.78, 5) is 2.00. The Balaban J connectivity index is 2.26. The zero-order valence-corrected chi connectivity index (χ0v) is 10.6. The van der Waals surface area contributed by atoms with Crippen LogP contribution in [0.4, 0.5) is 18.9 Å². The minimum Gasteiger partial charge on any atom is -0.398 e. The van der Waals surface area contributed by atoms with Crippen molar-refractivity contribution < 1.29 is 18.3 Å². The first kappa shape index (κ1) is 14.1. The molecule has 0 bridgehead atoms. The van der Waals surface area contributed by atoms with Crippen molar-refractivity contribution in [3.63, 3.8) is 0 Å². The van der Waals surface area contributed by atoms with Crippen LogP contribution in [0, 0.1) is 0 Å². The van der Waals surface area contributed by atoms with Crippen LogP contribution in [0.1, 0.15) is 30.1 Å². The van der Waals surface area contributed by atoms with Gasteiger partial charge in [-0.3, -0.25) is 0 Å². The number of likely N-dealkylation sites (tertiary alicyclic amines) is 1. The average molecular weight is 274 g/mol. The summed E-state index contributed by atoms with van der Waals surface area (Å²) in [6.45, 7) is 0.877. The van der Waals surface area contributed by atoms with E-state index in [9.17, 15) is 18.3 Å². The molecule has 2 rings (SSSR count). The summed E-state index contributed by atoms with van der Waals surface area (Å²) in [6, 6.07) is 3.03. The fourth-order valence-corrected chi connectivity index (χ4v) is 2.56. The van der Waals surface area contributed by atoms with Gasteiger partial charge in [0.1, 0.15) is 0 Å². The normalized spacial score (nSPS) is 22.7. The summed E-state index contributed by atoms with van der Waals surface area (Å²) in [6.07, 6.45) is -3.48. The number of likely N-dealkylation sites (N-methyl/N-ethyl adjacent to an activating group) is 1. The Morgan fingerprint density at radius 2 is 2.11 bits per heavy atom. The Bertz CT molecular complexity index is 462. The van der Waals surface area contributed by atoms with Gasteiger partial charge in [0, 0.05) is 17.3 Å². The summed E-state index contributed by atoms with van der Waals surface area (Å²) in [5.74, 6) is 0. The largest absolute Gasteiger partial charge is 0.416 e. The second kappa shape index (κ2) is 5.02. The molecule has 3 nitrogen and oxygen atoms in total. The van der Waals surface area contributed by atoms with Gasteiger partial charge in [-0.05, 0) is 38.6 Å². The van der Waals surface area contributed by atoms with Crippen molar-refractivity contribution in [2.45, 2.75) is 31.2 Å². The van der Waals surface area contributed by atoms with E-state index in [4.69, 9.17) is 5.73 Å². The van der Waals surface area contributed by atoms with Gasteiger partial charge in [0.15, 0.2) is 0 Å². The summed E-state index contributed by atoms with van der Waals surface area (Å²) in [5.41, 5.74) is 5.22. The number of benzene rings is 1. The summed E-state index contributed by atoms with van der Waals surface area (Å²) >= 11 is 0. The van der Waals surface area contributed by atoms with Gasteiger partial charge < -0.3 is 15.7 Å². The lowest BCUT2D eigenvalue weighted by molar-refractivity contribution is -0.137. The fourth-order valence-electron chi connectivity index (χ4n) is 2.56. The molecule has 19 heavy (non-hydrogen) atoms. The van der Waals surface area contributed by atoms with Gasteiger partial charge in [0.05, 0.1) is 11.7 Å². The predicted molar refractivity (Wildman–Crippen MR) is 66.5 cm³/mol. The number of anilines is 1. The molecular weight excluding hydrogens is 257 g/mol. The highest BCUT2D eigenvalue weighted by molar-refractivity contribution is 5.51. The van der Waals surface area contributed by atoms with Crippen molar-refractivity contribution >= 4 is 5.69 Å². The smallest absolute Gasteiger partial charge is 0.398 e. The Morgan fingerprint density at radius 1 is 1.42 bits per heavy atom. The molecule has 0 spiro atoms. The Kier molecular flexibility index (Phi) is 3.73. The molecule has 1 aliphatic heterocycles. The van der Waals surface area contributed by atoms with Crippen molar-refractivity contribution in [3.8, 4) is 0 Å². The van der Waals surface area contributed by atoms with Crippen LogP contribution in [-0.2, 0) is 6.18 Å². The number of hydrogen-bond acceptors (Lipinski definition) is 3. The van der Waals surface area contributed by atoms with E-state index < -0.39 is 17.8 Å². The Hall–Kier alpha value is -1.27. The number of rotatable bonds is 2. The van der Waals surface area contributed by atoms with E-state index in [2.05, 4.69) is 0 Å². The second-order valence-corrected chi connectivity index (χ2v) is 4.98. The van der Waals surface area contributed by atoms with E-state index in [-0.39, 0.29) is 11.7 Å². The number of aliphatic hydroxyl groups excluding tert-OH is 1. The molecule has 0 aromatic heterocycles. The van der Waals surface area contributed by atoms with Crippen molar-refractivity contribution in [1.29, 1.82) is 0 Å². The third-order valence-electron chi connectivity index (χ3n) is 3.67. The van der Waals surface area contributed by atoms with Crippen LogP contribution in [0.25, 0.3) is 0 Å². The molecule has 2 atom stereocenters. The van der Waals surface area contributed by atoms with Gasteiger partial charge in [-0.15, -0.1) is 0 Å². The molecule has 3 N–H and O–H groups in total. The summed E-state index contributed by atoms with van der Waals surface area (Å²) in [5, 5.41) is 10.3. The van der Waals surface area contributed by atoms with Gasteiger partial charge in [0.25, 0.3) is 0 Å². The van der Waals surface area contributed by atoms with Crippen LogP contribution in [0.15, 0.2) is 18.2 Å². The number of hydrogen-bond donors (Lipinski definition) is 2. The SMILES string of the molecule is CN1CCCC1C(O)c1ccc(C(F)(F)F)cc1N. The van der Waals surface area contributed by atoms with Crippen LogP contribution in [0.3, 0.4) is 0 Å². The number of nitrogens with zero attached hydrogens (tertiary/aromatic N) is 1. The minimum atomic E-state index is -4.41. The van der Waals surface area contributed by atoms with Crippen molar-refractivity contribution in [2.75, 3.05) is 19.3 Å². The highest BCUT2D eigenvalue weighted by Crippen LogP contribution is 2.35. The predicted octanol–water partition coefficient (Wildman–Crippen LogP) is 2.42. The third kappa shape index (κ3) is 2.84. The molecule has 0 radical (unpaired) electrons. The van der Waals surface area contributed by atoms with Crippen LogP contribution >= 0.6 is 0 Å². The Morgan fingerprint density at radius 3 is 2.58 bits per heavy atom. The van der Waals surface area contributed by atoms with Crippen LogP contribution in [0.2, 0.25) is 0 Å². The number of halogens is 3. The van der Waals surface area contributed by atoms with Gasteiger partial charge in [-0.1, -0.05) is 6.07 Å². The molecule has 0 saturated carbocycles. The lowest BCUT2D eigenvalue weighted by atomic mass is 9.97. The average Bonchev–Trinajstić information content (AvgIpc) is 2.73. The molecule has 1 fully saturated rings. The molecule has 1 aromatic carbocycles. The van der Waals surface area contributed by atoms with Crippen molar-refractivity contribution in [3.05, 3.63) is 29.3 Å². The van der Waals surface area contributed by atoms with Crippen LogP contribution < -0.4 is 5.73 Å². The van der Waals surface area contributed by atoms with Crippen LogP contribution in [-0.4, -0.2) is 29.6 Å². The van der Waals surface area contributed by atoms with Gasteiger partial charge in [-0.2, -0.15) is 13.2 Å². The second-order valence-electron chi connectivity index (χ2n) is 4.98. The number of aliphatic hydroxyl groups is 1. The molecule has 2 unspecified atom stereocenters. The molecule has 1 heterocycles. The minimum absolute atomic E-state index is 0.0115. The molecule has 1 saturated heterocycles. The number of alkyl halides is 3.